The molecule has 0 aromatic rings. The highest BCUT2D eigenvalue weighted by molar-refractivity contribution is 4.84. The van der Waals surface area contributed by atoms with Crippen molar-refractivity contribution in [2.75, 3.05) is 0 Å². The Morgan fingerprint density at radius 1 is 0.536 bits per heavy atom. The van der Waals surface area contributed by atoms with Gasteiger partial charge < -0.3 is 0 Å². The van der Waals surface area contributed by atoms with Crippen molar-refractivity contribution in [3.8, 4) is 0 Å². The van der Waals surface area contributed by atoms with Crippen molar-refractivity contribution in [3.05, 3.63) is 12.7 Å². The predicted octanol–water partition coefficient (Wildman–Crippen LogP) is 9.88. The van der Waals surface area contributed by atoms with Crippen molar-refractivity contribution in [2.45, 2.75) is 142 Å². The molecule has 0 aliphatic heterocycles. The van der Waals surface area contributed by atoms with Gasteiger partial charge in [-0.3, -0.25) is 0 Å². The van der Waals surface area contributed by atoms with E-state index in [-0.39, 0.29) is 0 Å². The minimum absolute atomic E-state index is 0.831. The molecule has 2 aliphatic carbocycles. The van der Waals surface area contributed by atoms with E-state index in [0.29, 0.717) is 0 Å². The molecule has 0 nitrogen and oxygen atoms in total. The van der Waals surface area contributed by atoms with Gasteiger partial charge >= 0.3 is 0 Å². The fraction of sp³-hybridized carbons (Fsp3) is 0.929. The second-order valence-corrected chi connectivity index (χ2v) is 10.5. The van der Waals surface area contributed by atoms with Crippen LogP contribution in [0.15, 0.2) is 12.7 Å². The summed E-state index contributed by atoms with van der Waals surface area (Å²) in [7, 11) is 0. The maximum atomic E-state index is 3.98. The fourth-order valence-electron chi connectivity index (χ4n) is 5.95. The normalized spacial score (nSPS) is 28.3. The van der Waals surface area contributed by atoms with Crippen molar-refractivity contribution in [3.63, 3.8) is 0 Å². The van der Waals surface area contributed by atoms with Gasteiger partial charge in [-0.15, -0.1) is 6.58 Å². The van der Waals surface area contributed by atoms with E-state index in [1.54, 1.807) is 25.7 Å². The van der Waals surface area contributed by atoms with Crippen molar-refractivity contribution in [1.82, 2.24) is 0 Å². The first kappa shape index (κ1) is 24.0. The molecular weight excluding hydrogens is 336 g/mol. The third kappa shape index (κ3) is 10.5. The maximum Gasteiger partial charge on any atom is -0.0236 e. The molecule has 2 rings (SSSR count). The molecular formula is C28H52. The quantitative estimate of drug-likeness (QED) is 0.193. The Labute approximate surface area is 178 Å². The highest BCUT2D eigenvalue weighted by atomic mass is 14.3. The molecule has 0 heterocycles. The van der Waals surface area contributed by atoms with Crippen LogP contribution < -0.4 is 0 Å². The van der Waals surface area contributed by atoms with Gasteiger partial charge in [0.15, 0.2) is 0 Å². The highest BCUT2D eigenvalue weighted by Crippen LogP contribution is 2.36. The zero-order valence-electron chi connectivity index (χ0n) is 19.4. The molecule has 0 atom stereocenters. The second kappa shape index (κ2) is 15.6. The number of unbranched alkanes of at least 4 members (excludes halogenated alkanes) is 8. The fourth-order valence-corrected chi connectivity index (χ4v) is 5.95. The molecule has 2 fully saturated rings. The lowest BCUT2D eigenvalue weighted by Gasteiger charge is -2.29. The number of hydrogen-bond acceptors (Lipinski definition) is 0. The lowest BCUT2D eigenvalue weighted by Crippen LogP contribution is -2.15. The summed E-state index contributed by atoms with van der Waals surface area (Å²) in [4.78, 5) is 0. The van der Waals surface area contributed by atoms with Gasteiger partial charge in [0.2, 0.25) is 0 Å². The summed E-state index contributed by atoms with van der Waals surface area (Å²) in [5.74, 6) is 4.03. The molecule has 0 amide bonds. The van der Waals surface area contributed by atoms with Crippen LogP contribution in [-0.4, -0.2) is 0 Å². The van der Waals surface area contributed by atoms with Crippen LogP contribution in [0.2, 0.25) is 0 Å². The van der Waals surface area contributed by atoms with E-state index >= 15 is 0 Å². The monoisotopic (exact) mass is 388 g/mol. The van der Waals surface area contributed by atoms with E-state index in [1.165, 1.54) is 109 Å². The van der Waals surface area contributed by atoms with Gasteiger partial charge in [-0.2, -0.15) is 0 Å². The predicted molar refractivity (Wildman–Crippen MR) is 127 cm³/mol. The van der Waals surface area contributed by atoms with E-state index in [0.717, 1.165) is 23.7 Å². The van der Waals surface area contributed by atoms with E-state index in [2.05, 4.69) is 19.6 Å². The van der Waals surface area contributed by atoms with Crippen LogP contribution in [0.4, 0.5) is 0 Å². The Hall–Kier alpha value is -0.260. The summed E-state index contributed by atoms with van der Waals surface area (Å²) in [6, 6.07) is 0. The van der Waals surface area contributed by atoms with Gasteiger partial charge in [-0.25, -0.2) is 0 Å². The Kier molecular flexibility index (Phi) is 13.3. The summed E-state index contributed by atoms with van der Waals surface area (Å²) < 4.78 is 0. The van der Waals surface area contributed by atoms with Crippen LogP contribution in [0.5, 0.6) is 0 Å². The SMILES string of the molecule is C=CC1CCC(CCCC[C@H]2CC[C@H](CCCCCCCCCC)CC2)CC1. The summed E-state index contributed by atoms with van der Waals surface area (Å²) >= 11 is 0. The number of allylic oxidation sites excluding steroid dienone is 1. The van der Waals surface area contributed by atoms with Crippen molar-refractivity contribution >= 4 is 0 Å². The van der Waals surface area contributed by atoms with Gasteiger partial charge in [0, 0.05) is 0 Å². The standard InChI is InChI=1S/C28H52/c1-3-5-6-7-8-9-10-11-14-26-21-23-28(24-22-26)16-13-12-15-27-19-17-25(4-2)18-20-27/h4,25-28H,2-3,5-24H2,1H3/t25?,26-,27?,28-. The van der Waals surface area contributed by atoms with Gasteiger partial charge in [-0.05, 0) is 49.4 Å². The zero-order chi connectivity index (χ0) is 19.9. The first-order chi connectivity index (χ1) is 13.8. The van der Waals surface area contributed by atoms with Crippen LogP contribution in [0.3, 0.4) is 0 Å². The van der Waals surface area contributed by atoms with Gasteiger partial charge in [0.25, 0.3) is 0 Å². The molecule has 0 radical (unpaired) electrons. The smallest absolute Gasteiger partial charge is 0.0236 e. The molecule has 0 aromatic heterocycles. The average Bonchev–Trinajstić information content (AvgIpc) is 2.74. The topological polar surface area (TPSA) is 0 Å². The molecule has 0 saturated heterocycles. The largest absolute Gasteiger partial charge is 0.103 e. The Balaban J connectivity index is 1.38. The van der Waals surface area contributed by atoms with E-state index in [1.807, 2.05) is 0 Å². The van der Waals surface area contributed by atoms with Crippen LogP contribution >= 0.6 is 0 Å². The first-order valence-corrected chi connectivity index (χ1v) is 13.4. The van der Waals surface area contributed by atoms with Crippen molar-refractivity contribution < 1.29 is 0 Å². The van der Waals surface area contributed by atoms with E-state index in [9.17, 15) is 0 Å². The number of hydrogen-bond donors (Lipinski definition) is 0. The lowest BCUT2D eigenvalue weighted by atomic mass is 9.77. The lowest BCUT2D eigenvalue weighted by molar-refractivity contribution is 0.239. The summed E-state index contributed by atoms with van der Waals surface area (Å²) in [6.45, 7) is 6.29. The zero-order valence-corrected chi connectivity index (χ0v) is 19.4. The Morgan fingerprint density at radius 2 is 0.893 bits per heavy atom. The summed E-state index contributed by atoms with van der Waals surface area (Å²) in [6.07, 6.45) is 33.5. The maximum absolute atomic E-state index is 3.98. The van der Waals surface area contributed by atoms with Crippen LogP contribution in [-0.2, 0) is 0 Å². The average molecular weight is 389 g/mol. The molecule has 0 unspecified atom stereocenters. The molecule has 28 heavy (non-hydrogen) atoms. The summed E-state index contributed by atoms with van der Waals surface area (Å²) in [5.41, 5.74) is 0. The van der Waals surface area contributed by atoms with Crippen LogP contribution in [0.25, 0.3) is 0 Å². The molecule has 2 aliphatic rings. The second-order valence-electron chi connectivity index (χ2n) is 10.5. The third-order valence-electron chi connectivity index (χ3n) is 8.13. The van der Waals surface area contributed by atoms with Crippen LogP contribution in [0.1, 0.15) is 142 Å². The van der Waals surface area contributed by atoms with Crippen molar-refractivity contribution in [1.29, 1.82) is 0 Å². The van der Waals surface area contributed by atoms with Crippen molar-refractivity contribution in [2.24, 2.45) is 23.7 Å². The minimum Gasteiger partial charge on any atom is -0.103 e. The van der Waals surface area contributed by atoms with E-state index < -0.39 is 0 Å². The Morgan fingerprint density at radius 3 is 1.32 bits per heavy atom. The summed E-state index contributed by atoms with van der Waals surface area (Å²) in [5, 5.41) is 0. The third-order valence-corrected chi connectivity index (χ3v) is 8.13. The molecule has 0 heteroatoms. The number of rotatable bonds is 15. The Bertz CT molecular complexity index is 354. The highest BCUT2D eigenvalue weighted by Gasteiger charge is 2.21. The molecule has 2 saturated carbocycles. The molecule has 0 aromatic carbocycles. The molecule has 164 valence electrons. The minimum atomic E-state index is 0.831. The molecule has 0 bridgehead atoms. The van der Waals surface area contributed by atoms with Gasteiger partial charge in [0.05, 0.1) is 0 Å². The molecule has 0 N–H and O–H groups in total. The first-order valence-electron chi connectivity index (χ1n) is 13.4. The van der Waals surface area contributed by atoms with E-state index in [4.69, 9.17) is 0 Å². The molecule has 0 spiro atoms. The van der Waals surface area contributed by atoms with Gasteiger partial charge in [0.1, 0.15) is 0 Å². The van der Waals surface area contributed by atoms with Crippen LogP contribution in [0, 0.1) is 23.7 Å². The van der Waals surface area contributed by atoms with Gasteiger partial charge in [-0.1, -0.05) is 122 Å².